The Kier molecular flexibility index (Phi) is 5.83. The number of carbonyl (C=O) groups excluding carboxylic acids is 1. The second kappa shape index (κ2) is 8.28. The molecule has 2 heterocycles. The van der Waals surface area contributed by atoms with Gasteiger partial charge >= 0.3 is 0 Å². The maximum absolute atomic E-state index is 13.2. The van der Waals surface area contributed by atoms with Crippen LogP contribution in [-0.4, -0.2) is 37.3 Å². The van der Waals surface area contributed by atoms with Gasteiger partial charge in [0.25, 0.3) is 5.91 Å². The standard InChI is InChI=1S/C24H30N2O4S/c1-17-11-12-18(31(28,29)26-13-7-4-8-14-26)15-20(17)23(27)25-21-16-24(2,3)30-22-10-6-5-9-19(21)22/h5-6,9-12,15,21H,4,7-8,13-14,16H2,1-3H3,(H,25,27)/t21-/m1/s1. The number of nitrogens with zero attached hydrogens (tertiary/aromatic N) is 1. The summed E-state index contributed by atoms with van der Waals surface area (Å²) in [5.74, 6) is 0.493. The van der Waals surface area contributed by atoms with E-state index in [2.05, 4.69) is 5.32 Å². The van der Waals surface area contributed by atoms with E-state index in [1.165, 1.54) is 10.4 Å². The molecule has 1 fully saturated rings. The van der Waals surface area contributed by atoms with Gasteiger partial charge in [0.1, 0.15) is 11.4 Å². The van der Waals surface area contributed by atoms with Crippen molar-refractivity contribution in [1.29, 1.82) is 0 Å². The highest BCUT2D eigenvalue weighted by Crippen LogP contribution is 2.39. The van der Waals surface area contributed by atoms with E-state index in [9.17, 15) is 13.2 Å². The SMILES string of the molecule is Cc1ccc(S(=O)(=O)N2CCCCC2)cc1C(=O)N[C@@H]1CC(C)(C)Oc2ccccc21. The third-order valence-corrected chi connectivity index (χ3v) is 7.98. The van der Waals surface area contributed by atoms with E-state index in [4.69, 9.17) is 4.74 Å². The van der Waals surface area contributed by atoms with Crippen LogP contribution in [0.1, 0.15) is 67.1 Å². The van der Waals surface area contributed by atoms with Crippen LogP contribution in [0, 0.1) is 6.92 Å². The second-order valence-corrected chi connectivity index (χ2v) is 11.0. The molecule has 0 spiro atoms. The van der Waals surface area contributed by atoms with Crippen molar-refractivity contribution >= 4 is 15.9 Å². The highest BCUT2D eigenvalue weighted by molar-refractivity contribution is 7.89. The van der Waals surface area contributed by atoms with Crippen LogP contribution in [0.15, 0.2) is 47.4 Å². The third kappa shape index (κ3) is 4.48. The molecule has 1 atom stereocenters. The minimum atomic E-state index is -3.60. The molecular formula is C24H30N2O4S. The number of piperidine rings is 1. The maximum atomic E-state index is 13.2. The van der Waals surface area contributed by atoms with Crippen molar-refractivity contribution < 1.29 is 17.9 Å². The summed E-state index contributed by atoms with van der Waals surface area (Å²) in [7, 11) is -3.60. The molecule has 31 heavy (non-hydrogen) atoms. The summed E-state index contributed by atoms with van der Waals surface area (Å²) in [6.07, 6.45) is 3.42. The summed E-state index contributed by atoms with van der Waals surface area (Å²) in [4.78, 5) is 13.4. The monoisotopic (exact) mass is 442 g/mol. The molecule has 0 saturated carbocycles. The molecule has 2 aliphatic heterocycles. The highest BCUT2D eigenvalue weighted by Gasteiger charge is 2.35. The number of ether oxygens (including phenoxy) is 1. The van der Waals surface area contributed by atoms with Crippen LogP contribution in [0.5, 0.6) is 5.75 Å². The Labute approximate surface area is 184 Å². The Morgan fingerprint density at radius 2 is 1.81 bits per heavy atom. The fourth-order valence-corrected chi connectivity index (χ4v) is 5.97. The molecule has 2 aliphatic rings. The Bertz CT molecular complexity index is 1090. The maximum Gasteiger partial charge on any atom is 0.252 e. The summed E-state index contributed by atoms with van der Waals surface area (Å²) in [5, 5.41) is 3.12. The van der Waals surface area contributed by atoms with Gasteiger partial charge in [-0.3, -0.25) is 4.79 Å². The number of benzene rings is 2. The number of amides is 1. The van der Waals surface area contributed by atoms with E-state index in [0.29, 0.717) is 25.1 Å². The molecule has 0 bridgehead atoms. The smallest absolute Gasteiger partial charge is 0.252 e. The van der Waals surface area contributed by atoms with Crippen molar-refractivity contribution in [2.24, 2.45) is 0 Å². The minimum absolute atomic E-state index is 0.179. The predicted molar refractivity (Wildman–Crippen MR) is 120 cm³/mol. The number of hydrogen-bond acceptors (Lipinski definition) is 4. The molecule has 2 aromatic rings. The zero-order valence-corrected chi connectivity index (χ0v) is 19.2. The van der Waals surface area contributed by atoms with Gasteiger partial charge < -0.3 is 10.1 Å². The van der Waals surface area contributed by atoms with E-state index < -0.39 is 15.6 Å². The first kappa shape index (κ1) is 21.8. The second-order valence-electron chi connectivity index (χ2n) is 9.07. The van der Waals surface area contributed by atoms with Crippen molar-refractivity contribution in [2.75, 3.05) is 13.1 Å². The first-order valence-corrected chi connectivity index (χ1v) is 12.3. The van der Waals surface area contributed by atoms with E-state index in [0.717, 1.165) is 36.1 Å². The predicted octanol–water partition coefficient (Wildman–Crippen LogP) is 4.20. The highest BCUT2D eigenvalue weighted by atomic mass is 32.2. The van der Waals surface area contributed by atoms with Crippen LogP contribution < -0.4 is 10.1 Å². The molecule has 166 valence electrons. The summed E-state index contributed by atoms with van der Waals surface area (Å²) in [6, 6.07) is 12.3. The average molecular weight is 443 g/mol. The van der Waals surface area contributed by atoms with Gasteiger partial charge in [-0.2, -0.15) is 4.31 Å². The largest absolute Gasteiger partial charge is 0.487 e. The number of fused-ring (bicyclic) bond motifs is 1. The lowest BCUT2D eigenvalue weighted by molar-refractivity contribution is 0.0619. The number of rotatable bonds is 4. The lowest BCUT2D eigenvalue weighted by Gasteiger charge is -2.38. The van der Waals surface area contributed by atoms with Gasteiger partial charge in [-0.15, -0.1) is 0 Å². The summed E-state index contributed by atoms with van der Waals surface area (Å²) in [5.41, 5.74) is 1.65. The Morgan fingerprint density at radius 1 is 1.10 bits per heavy atom. The van der Waals surface area contributed by atoms with Gasteiger partial charge in [-0.25, -0.2) is 8.42 Å². The first-order valence-electron chi connectivity index (χ1n) is 10.9. The lowest BCUT2D eigenvalue weighted by atomic mass is 9.89. The van der Waals surface area contributed by atoms with Gasteiger partial charge in [0.05, 0.1) is 10.9 Å². The molecule has 0 radical (unpaired) electrons. The molecule has 1 N–H and O–H groups in total. The topological polar surface area (TPSA) is 75.7 Å². The number of nitrogens with one attached hydrogen (secondary N) is 1. The van der Waals surface area contributed by atoms with Gasteiger partial charge in [0.2, 0.25) is 10.0 Å². The third-order valence-electron chi connectivity index (χ3n) is 6.09. The quantitative estimate of drug-likeness (QED) is 0.770. The van der Waals surface area contributed by atoms with Crippen LogP contribution in [0.3, 0.4) is 0 Å². The zero-order valence-electron chi connectivity index (χ0n) is 18.3. The van der Waals surface area contributed by atoms with E-state index in [1.807, 2.05) is 45.0 Å². The van der Waals surface area contributed by atoms with Crippen molar-refractivity contribution in [3.63, 3.8) is 0 Å². The fraction of sp³-hybridized carbons (Fsp3) is 0.458. The molecule has 2 aromatic carbocycles. The lowest BCUT2D eigenvalue weighted by Crippen LogP contribution is -2.41. The van der Waals surface area contributed by atoms with Gasteiger partial charge in [0, 0.05) is 30.6 Å². The number of sulfonamides is 1. The van der Waals surface area contributed by atoms with Crippen molar-refractivity contribution in [3.8, 4) is 5.75 Å². The van der Waals surface area contributed by atoms with Crippen LogP contribution in [0.4, 0.5) is 0 Å². The van der Waals surface area contributed by atoms with E-state index in [1.54, 1.807) is 12.1 Å². The minimum Gasteiger partial charge on any atom is -0.487 e. The number of para-hydroxylation sites is 1. The molecule has 1 saturated heterocycles. The number of carbonyl (C=O) groups is 1. The summed E-state index contributed by atoms with van der Waals surface area (Å²) < 4.78 is 33.8. The van der Waals surface area contributed by atoms with E-state index in [-0.39, 0.29) is 16.8 Å². The van der Waals surface area contributed by atoms with Gasteiger partial charge in [-0.1, -0.05) is 30.7 Å². The van der Waals surface area contributed by atoms with Crippen molar-refractivity contribution in [3.05, 3.63) is 59.2 Å². The Morgan fingerprint density at radius 3 is 2.55 bits per heavy atom. The summed E-state index contributed by atoms with van der Waals surface area (Å²) >= 11 is 0. The number of aryl methyl sites for hydroxylation is 1. The molecule has 7 heteroatoms. The molecule has 6 nitrogen and oxygen atoms in total. The molecule has 0 unspecified atom stereocenters. The normalized spacial score (nSPS) is 21.1. The van der Waals surface area contributed by atoms with Crippen LogP contribution in [0.25, 0.3) is 0 Å². The molecule has 0 aromatic heterocycles. The summed E-state index contributed by atoms with van der Waals surface area (Å²) in [6.45, 7) is 6.89. The van der Waals surface area contributed by atoms with Crippen LogP contribution in [-0.2, 0) is 10.0 Å². The first-order chi connectivity index (χ1) is 14.7. The molecule has 4 rings (SSSR count). The Hall–Kier alpha value is -2.38. The van der Waals surface area contributed by atoms with Crippen molar-refractivity contribution in [1.82, 2.24) is 9.62 Å². The van der Waals surface area contributed by atoms with Gasteiger partial charge in [-0.05, 0) is 57.4 Å². The number of hydrogen-bond donors (Lipinski definition) is 1. The van der Waals surface area contributed by atoms with Gasteiger partial charge in [0.15, 0.2) is 0 Å². The molecule has 1 amide bonds. The fourth-order valence-electron chi connectivity index (χ4n) is 4.43. The zero-order chi connectivity index (χ0) is 22.2. The van der Waals surface area contributed by atoms with E-state index >= 15 is 0 Å². The van der Waals surface area contributed by atoms with Crippen LogP contribution >= 0.6 is 0 Å². The average Bonchev–Trinajstić information content (AvgIpc) is 2.73. The molecular weight excluding hydrogens is 412 g/mol. The molecule has 0 aliphatic carbocycles. The van der Waals surface area contributed by atoms with Crippen molar-refractivity contribution in [2.45, 2.75) is 63.0 Å². The van der Waals surface area contributed by atoms with Crippen LogP contribution in [0.2, 0.25) is 0 Å². The Balaban J connectivity index is 1.62.